The first-order valence-electron chi connectivity index (χ1n) is 7.88. The molecule has 0 unspecified atom stereocenters. The van der Waals surface area contributed by atoms with Gasteiger partial charge in [0, 0.05) is 0 Å². The number of amides is 1. The fraction of sp³-hybridized carbons (Fsp3) is 0.375. The zero-order valence-corrected chi connectivity index (χ0v) is 15.2. The molecule has 1 aromatic heterocycles. The Bertz CT molecular complexity index is 818. The van der Waals surface area contributed by atoms with Crippen molar-refractivity contribution in [2.45, 2.75) is 37.8 Å². The molecule has 0 saturated heterocycles. The molecular weight excluding hydrogens is 362 g/mol. The minimum Gasteiger partial charge on any atom is -0.508 e. The number of nitrogens with one attached hydrogen (secondary N) is 1. The van der Waals surface area contributed by atoms with E-state index in [-0.39, 0.29) is 35.3 Å². The maximum absolute atomic E-state index is 13.1. The van der Waals surface area contributed by atoms with Crippen LogP contribution in [0.2, 0.25) is 0 Å². The van der Waals surface area contributed by atoms with Crippen LogP contribution in [0.5, 0.6) is 5.75 Å². The van der Waals surface area contributed by atoms with Crippen LogP contribution in [-0.2, 0) is 21.4 Å². The van der Waals surface area contributed by atoms with Crippen molar-refractivity contribution in [3.63, 3.8) is 0 Å². The molecule has 0 aliphatic carbocycles. The number of carbonyl (C=O) groups is 1. The average molecular weight is 383 g/mol. The maximum Gasteiger partial charge on any atom is 0.261 e. The topological polar surface area (TPSA) is 133 Å². The molecule has 1 aromatic carbocycles. The molecule has 0 saturated carbocycles. The summed E-state index contributed by atoms with van der Waals surface area (Å²) in [4.78, 5) is 15.8. The number of aromatic nitrogens is 1. The quantitative estimate of drug-likeness (QED) is 0.464. The lowest BCUT2D eigenvalue weighted by atomic mass is 10.0. The van der Waals surface area contributed by atoms with Gasteiger partial charge in [0.05, 0.1) is 17.6 Å². The Kier molecular flexibility index (Phi) is 6.35. The van der Waals surface area contributed by atoms with Crippen LogP contribution in [0.4, 0.5) is 0 Å². The first-order valence-corrected chi connectivity index (χ1v) is 9.32. The summed E-state index contributed by atoms with van der Waals surface area (Å²) in [5.74, 6) is -0.713. The summed E-state index contributed by atoms with van der Waals surface area (Å²) in [6.07, 6.45) is 2.69. The van der Waals surface area contributed by atoms with E-state index in [4.69, 9.17) is 9.62 Å². The first kappa shape index (κ1) is 19.9. The van der Waals surface area contributed by atoms with Crippen LogP contribution in [0.25, 0.3) is 0 Å². The lowest BCUT2D eigenvalue weighted by Crippen LogP contribution is -2.49. The normalized spacial score (nSPS) is 13.1. The van der Waals surface area contributed by atoms with E-state index in [0.29, 0.717) is 0 Å². The van der Waals surface area contributed by atoms with Gasteiger partial charge in [-0.2, -0.15) is 4.31 Å². The number of oxazole rings is 1. The van der Waals surface area contributed by atoms with Crippen molar-refractivity contribution < 1.29 is 27.9 Å². The van der Waals surface area contributed by atoms with Crippen LogP contribution in [0.3, 0.4) is 0 Å². The van der Waals surface area contributed by atoms with Gasteiger partial charge in [-0.25, -0.2) is 18.9 Å². The van der Waals surface area contributed by atoms with E-state index in [2.05, 4.69) is 4.98 Å². The van der Waals surface area contributed by atoms with Gasteiger partial charge >= 0.3 is 0 Å². The van der Waals surface area contributed by atoms with Crippen molar-refractivity contribution in [3.05, 3.63) is 42.6 Å². The van der Waals surface area contributed by atoms with Crippen molar-refractivity contribution >= 4 is 15.9 Å². The van der Waals surface area contributed by atoms with Crippen molar-refractivity contribution in [1.29, 1.82) is 0 Å². The van der Waals surface area contributed by atoms with E-state index in [1.54, 1.807) is 0 Å². The molecule has 3 N–H and O–H groups in total. The minimum atomic E-state index is -4.13. The van der Waals surface area contributed by atoms with Gasteiger partial charge < -0.3 is 9.52 Å². The van der Waals surface area contributed by atoms with Gasteiger partial charge in [-0.3, -0.25) is 10.0 Å². The van der Waals surface area contributed by atoms with Crippen LogP contribution >= 0.6 is 0 Å². The van der Waals surface area contributed by atoms with Gasteiger partial charge in [0.15, 0.2) is 6.39 Å². The van der Waals surface area contributed by atoms with E-state index < -0.39 is 22.0 Å². The summed E-state index contributed by atoms with van der Waals surface area (Å²) in [7, 11) is -4.13. The van der Waals surface area contributed by atoms with Crippen molar-refractivity contribution in [3.8, 4) is 5.75 Å². The Morgan fingerprint density at radius 1 is 1.31 bits per heavy atom. The number of phenolic OH excluding ortho intramolecular Hbond substituents is 1. The molecule has 2 rings (SSSR count). The number of hydrogen-bond donors (Lipinski definition) is 3. The summed E-state index contributed by atoms with van der Waals surface area (Å²) < 4.78 is 32.3. The molecule has 0 aliphatic heterocycles. The number of nitrogens with zero attached hydrogens (tertiary/aromatic N) is 2. The van der Waals surface area contributed by atoms with Gasteiger partial charge in [-0.15, -0.1) is 0 Å². The second-order valence-corrected chi connectivity index (χ2v) is 8.02. The molecular formula is C16H21N3O6S. The lowest BCUT2D eigenvalue weighted by Gasteiger charge is -2.29. The minimum absolute atomic E-state index is 0.0236. The van der Waals surface area contributed by atoms with Crippen molar-refractivity contribution in [1.82, 2.24) is 14.8 Å². The number of sulfonamides is 1. The molecule has 142 valence electrons. The zero-order chi connectivity index (χ0) is 19.3. The molecule has 26 heavy (non-hydrogen) atoms. The molecule has 1 amide bonds. The van der Waals surface area contributed by atoms with E-state index in [0.717, 1.165) is 10.7 Å². The highest BCUT2D eigenvalue weighted by Crippen LogP contribution is 2.25. The molecule has 1 atom stereocenters. The van der Waals surface area contributed by atoms with Gasteiger partial charge in [0.2, 0.25) is 10.0 Å². The smallest absolute Gasteiger partial charge is 0.261 e. The number of rotatable bonds is 8. The van der Waals surface area contributed by atoms with E-state index in [1.807, 2.05) is 13.8 Å². The second-order valence-electron chi connectivity index (χ2n) is 6.13. The zero-order valence-electron chi connectivity index (χ0n) is 14.4. The first-order chi connectivity index (χ1) is 12.3. The summed E-state index contributed by atoms with van der Waals surface area (Å²) in [6.45, 7) is 3.42. The summed E-state index contributed by atoms with van der Waals surface area (Å²) in [6, 6.07) is 3.79. The molecule has 0 aliphatic rings. The Hall–Kier alpha value is -2.43. The number of hydroxylamine groups is 1. The SMILES string of the molecule is CC(C)C[C@H](C(=O)NO)N(Cc1cnco1)S(=O)(=O)c1ccc(O)cc1. The van der Waals surface area contributed by atoms with Crippen LogP contribution in [-0.4, -0.2) is 40.0 Å². The lowest BCUT2D eigenvalue weighted by molar-refractivity contribution is -0.133. The third kappa shape index (κ3) is 4.59. The summed E-state index contributed by atoms with van der Waals surface area (Å²) >= 11 is 0. The fourth-order valence-corrected chi connectivity index (χ4v) is 4.03. The Balaban J connectivity index is 2.50. The standard InChI is InChI=1S/C16H21N3O6S/c1-11(2)7-15(16(21)18-22)19(9-13-8-17-10-25-13)26(23,24)14-5-3-12(20)4-6-14/h3-6,8,10-11,15,20,22H,7,9H2,1-2H3,(H,18,21)/t15-/m1/s1. The highest BCUT2D eigenvalue weighted by atomic mass is 32.2. The van der Waals surface area contributed by atoms with Gasteiger partial charge in [-0.1, -0.05) is 13.8 Å². The number of aromatic hydroxyl groups is 1. The summed E-state index contributed by atoms with van der Waals surface area (Å²) in [5, 5.41) is 18.5. The number of hydrogen-bond acceptors (Lipinski definition) is 7. The van der Waals surface area contributed by atoms with Crippen LogP contribution in [0, 0.1) is 5.92 Å². The Morgan fingerprint density at radius 3 is 2.46 bits per heavy atom. The Morgan fingerprint density at radius 2 is 1.96 bits per heavy atom. The molecule has 0 fully saturated rings. The van der Waals surface area contributed by atoms with Gasteiger partial charge in [-0.05, 0) is 36.6 Å². The highest BCUT2D eigenvalue weighted by molar-refractivity contribution is 7.89. The van der Waals surface area contributed by atoms with E-state index in [9.17, 15) is 18.3 Å². The molecule has 9 nitrogen and oxygen atoms in total. The molecule has 0 bridgehead atoms. The maximum atomic E-state index is 13.1. The van der Waals surface area contributed by atoms with Crippen LogP contribution < -0.4 is 5.48 Å². The molecule has 2 aromatic rings. The fourth-order valence-electron chi connectivity index (χ4n) is 2.47. The molecule has 1 heterocycles. The monoisotopic (exact) mass is 383 g/mol. The Labute approximate surface area is 151 Å². The van der Waals surface area contributed by atoms with Crippen molar-refractivity contribution in [2.75, 3.05) is 0 Å². The number of phenols is 1. The van der Waals surface area contributed by atoms with Crippen LogP contribution in [0.15, 0.2) is 46.2 Å². The van der Waals surface area contributed by atoms with Crippen molar-refractivity contribution in [2.24, 2.45) is 5.92 Å². The average Bonchev–Trinajstić information content (AvgIpc) is 3.10. The third-order valence-corrected chi connectivity index (χ3v) is 5.56. The third-order valence-electron chi connectivity index (χ3n) is 3.69. The van der Waals surface area contributed by atoms with Gasteiger partial charge in [0.25, 0.3) is 5.91 Å². The second kappa shape index (κ2) is 8.30. The molecule has 0 spiro atoms. The predicted molar refractivity (Wildman–Crippen MR) is 90.5 cm³/mol. The molecule has 10 heteroatoms. The number of benzene rings is 1. The highest BCUT2D eigenvalue weighted by Gasteiger charge is 2.37. The predicted octanol–water partition coefficient (Wildman–Crippen LogP) is 1.49. The van der Waals surface area contributed by atoms with E-state index in [1.165, 1.54) is 35.9 Å². The summed E-state index contributed by atoms with van der Waals surface area (Å²) in [5.41, 5.74) is 1.53. The van der Waals surface area contributed by atoms with E-state index >= 15 is 0 Å². The largest absolute Gasteiger partial charge is 0.508 e. The molecule has 0 radical (unpaired) electrons. The number of carbonyl (C=O) groups excluding carboxylic acids is 1. The van der Waals surface area contributed by atoms with Gasteiger partial charge in [0.1, 0.15) is 17.6 Å². The van der Waals surface area contributed by atoms with Crippen LogP contribution in [0.1, 0.15) is 26.0 Å².